The average molecular weight is 346 g/mol. The van der Waals surface area contributed by atoms with Crippen molar-refractivity contribution in [1.82, 2.24) is 14.6 Å². The van der Waals surface area contributed by atoms with Gasteiger partial charge in [-0.15, -0.1) is 0 Å². The first-order valence-electron chi connectivity index (χ1n) is 7.81. The van der Waals surface area contributed by atoms with Crippen molar-refractivity contribution in [3.05, 3.63) is 72.6 Å². The number of nitrogens with two attached hydrogens (primary N) is 1. The molecule has 3 N–H and O–H groups in total. The number of aromatic nitrogens is 3. The van der Waals surface area contributed by atoms with E-state index in [0.717, 1.165) is 22.4 Å². The van der Waals surface area contributed by atoms with Crippen LogP contribution in [0.3, 0.4) is 0 Å². The lowest BCUT2D eigenvalue weighted by molar-refractivity contribution is 0.0690. The number of hydrogen-bond donors (Lipinski definition) is 2. The van der Waals surface area contributed by atoms with E-state index in [1.165, 1.54) is 10.6 Å². The molecule has 2 aromatic carbocycles. The van der Waals surface area contributed by atoms with Crippen molar-refractivity contribution in [2.75, 3.05) is 0 Å². The number of nitrogens with zero attached hydrogens (tertiary/aromatic N) is 3. The Morgan fingerprint density at radius 1 is 0.962 bits per heavy atom. The van der Waals surface area contributed by atoms with Gasteiger partial charge in [-0.2, -0.15) is 11.0 Å². The molecule has 128 valence electrons. The number of hydrogen-bond acceptors (Lipinski definition) is 5. The van der Waals surface area contributed by atoms with Gasteiger partial charge in [-0.3, -0.25) is 0 Å². The molecule has 0 aliphatic heterocycles. The molecule has 7 nitrogen and oxygen atoms in total. The van der Waals surface area contributed by atoms with Crippen LogP contribution in [-0.4, -0.2) is 25.7 Å². The fraction of sp³-hybridized carbons (Fsp3) is 0. The van der Waals surface area contributed by atoms with Crippen molar-refractivity contribution in [2.24, 2.45) is 5.90 Å². The second kappa shape index (κ2) is 6.30. The first-order chi connectivity index (χ1) is 12.7. The van der Waals surface area contributed by atoms with Gasteiger partial charge in [0.2, 0.25) is 0 Å². The Morgan fingerprint density at radius 2 is 1.58 bits per heavy atom. The van der Waals surface area contributed by atoms with Crippen LogP contribution in [0.5, 0.6) is 5.75 Å². The van der Waals surface area contributed by atoms with Crippen molar-refractivity contribution in [1.29, 1.82) is 0 Å². The molecular formula is C19H14N4O3. The van der Waals surface area contributed by atoms with Crippen LogP contribution in [0.15, 0.2) is 66.9 Å². The van der Waals surface area contributed by atoms with E-state index in [1.807, 2.05) is 36.4 Å². The van der Waals surface area contributed by atoms with Crippen LogP contribution < -0.4 is 10.7 Å². The van der Waals surface area contributed by atoms with Crippen molar-refractivity contribution < 1.29 is 14.7 Å². The van der Waals surface area contributed by atoms with Gasteiger partial charge < -0.3 is 9.94 Å². The number of carboxylic acids is 1. The molecule has 2 aromatic heterocycles. The van der Waals surface area contributed by atoms with E-state index in [0.29, 0.717) is 11.4 Å². The predicted octanol–water partition coefficient (Wildman–Crippen LogP) is 3.01. The Hall–Kier alpha value is -3.71. The van der Waals surface area contributed by atoms with Crippen LogP contribution in [0.1, 0.15) is 10.5 Å². The quantitative estimate of drug-likeness (QED) is 0.551. The molecule has 0 aliphatic rings. The van der Waals surface area contributed by atoms with Gasteiger partial charge in [-0.25, -0.2) is 14.3 Å². The van der Waals surface area contributed by atoms with Crippen LogP contribution in [0.25, 0.3) is 28.0 Å². The van der Waals surface area contributed by atoms with Gasteiger partial charge >= 0.3 is 5.97 Å². The molecule has 4 rings (SSSR count). The predicted molar refractivity (Wildman–Crippen MR) is 95.6 cm³/mol. The summed E-state index contributed by atoms with van der Waals surface area (Å²) in [5.41, 5.74) is 4.19. The van der Waals surface area contributed by atoms with Crippen molar-refractivity contribution in [2.45, 2.75) is 0 Å². The molecule has 0 saturated carbocycles. The monoisotopic (exact) mass is 346 g/mol. The minimum absolute atomic E-state index is 0.0382. The Morgan fingerprint density at radius 3 is 2.19 bits per heavy atom. The number of fused-ring (bicyclic) bond motifs is 1. The second-order valence-corrected chi connectivity index (χ2v) is 5.65. The Labute approximate surface area is 148 Å². The van der Waals surface area contributed by atoms with Crippen LogP contribution >= 0.6 is 0 Å². The maximum atomic E-state index is 11.1. The maximum absolute atomic E-state index is 11.1. The highest BCUT2D eigenvalue weighted by Gasteiger charge is 2.12. The summed E-state index contributed by atoms with van der Waals surface area (Å²) in [7, 11) is 0. The lowest BCUT2D eigenvalue weighted by Gasteiger charge is -2.07. The van der Waals surface area contributed by atoms with Crippen molar-refractivity contribution in [3.8, 4) is 28.1 Å². The van der Waals surface area contributed by atoms with Gasteiger partial charge in [-0.05, 0) is 29.3 Å². The topological polar surface area (TPSA) is 103 Å². The van der Waals surface area contributed by atoms with Crippen LogP contribution in [0.4, 0.5) is 0 Å². The van der Waals surface area contributed by atoms with E-state index in [4.69, 9.17) is 11.0 Å². The van der Waals surface area contributed by atoms with Crippen LogP contribution in [0.2, 0.25) is 0 Å². The minimum atomic E-state index is -1.08. The molecule has 4 aromatic rings. The SMILES string of the molecule is NOc1ccc(-c2ccc(-c3ccnc4cc(C(=O)O)nn34)cc2)cc1. The van der Waals surface area contributed by atoms with Crippen molar-refractivity contribution >= 4 is 11.6 Å². The van der Waals surface area contributed by atoms with E-state index in [1.54, 1.807) is 24.4 Å². The summed E-state index contributed by atoms with van der Waals surface area (Å²) >= 11 is 0. The van der Waals surface area contributed by atoms with E-state index in [2.05, 4.69) is 14.9 Å². The zero-order valence-electron chi connectivity index (χ0n) is 13.5. The van der Waals surface area contributed by atoms with E-state index >= 15 is 0 Å². The molecule has 2 heterocycles. The van der Waals surface area contributed by atoms with Gasteiger partial charge in [-0.1, -0.05) is 36.4 Å². The molecule has 0 radical (unpaired) electrons. The molecule has 7 heteroatoms. The number of carboxylic acid groups (broad SMARTS) is 1. The lowest BCUT2D eigenvalue weighted by Crippen LogP contribution is -2.01. The Balaban J connectivity index is 1.72. The first kappa shape index (κ1) is 15.8. The highest BCUT2D eigenvalue weighted by Crippen LogP contribution is 2.26. The summed E-state index contributed by atoms with van der Waals surface area (Å²) in [5, 5.41) is 13.2. The van der Waals surface area contributed by atoms with Gasteiger partial charge in [0.05, 0.1) is 5.69 Å². The van der Waals surface area contributed by atoms with Crippen LogP contribution in [0, 0.1) is 0 Å². The van der Waals surface area contributed by atoms with Gasteiger partial charge in [0.1, 0.15) is 5.75 Å². The van der Waals surface area contributed by atoms with E-state index in [9.17, 15) is 4.79 Å². The minimum Gasteiger partial charge on any atom is -0.476 e. The smallest absolute Gasteiger partial charge is 0.356 e. The zero-order chi connectivity index (χ0) is 18.1. The Bertz CT molecular complexity index is 1090. The van der Waals surface area contributed by atoms with Gasteiger partial charge in [0.15, 0.2) is 11.3 Å². The lowest BCUT2D eigenvalue weighted by atomic mass is 10.0. The standard InChI is InChI=1S/C19H14N4O3/c20-26-15-7-5-13(6-8-15)12-1-3-14(4-2-12)17-9-10-21-18-11-16(19(24)25)22-23(17)18/h1-11H,20H2,(H,24,25). The highest BCUT2D eigenvalue weighted by molar-refractivity contribution is 5.87. The largest absolute Gasteiger partial charge is 0.476 e. The summed E-state index contributed by atoms with van der Waals surface area (Å²) in [5.74, 6) is 4.65. The average Bonchev–Trinajstić information content (AvgIpc) is 3.13. The number of benzene rings is 2. The normalized spacial score (nSPS) is 10.8. The Kier molecular flexibility index (Phi) is 3.83. The van der Waals surface area contributed by atoms with Gasteiger partial charge in [0.25, 0.3) is 0 Å². The number of rotatable bonds is 4. The first-order valence-corrected chi connectivity index (χ1v) is 7.81. The zero-order valence-corrected chi connectivity index (χ0v) is 13.5. The third-order valence-corrected chi connectivity index (χ3v) is 4.08. The molecule has 0 aliphatic carbocycles. The third-order valence-electron chi connectivity index (χ3n) is 4.08. The molecule has 0 spiro atoms. The molecule has 0 saturated heterocycles. The van der Waals surface area contributed by atoms with Crippen molar-refractivity contribution in [3.63, 3.8) is 0 Å². The fourth-order valence-electron chi connectivity index (χ4n) is 2.78. The summed E-state index contributed by atoms with van der Waals surface area (Å²) in [6.45, 7) is 0. The molecule has 26 heavy (non-hydrogen) atoms. The molecule has 0 unspecified atom stereocenters. The molecular weight excluding hydrogens is 332 g/mol. The molecule has 0 fully saturated rings. The van der Waals surface area contributed by atoms with Crippen LogP contribution in [-0.2, 0) is 0 Å². The molecule has 0 atom stereocenters. The molecule has 0 amide bonds. The second-order valence-electron chi connectivity index (χ2n) is 5.65. The van der Waals surface area contributed by atoms with Gasteiger partial charge in [0, 0.05) is 17.8 Å². The molecule has 0 bridgehead atoms. The maximum Gasteiger partial charge on any atom is 0.356 e. The third kappa shape index (κ3) is 2.76. The summed E-state index contributed by atoms with van der Waals surface area (Å²) < 4.78 is 1.53. The highest BCUT2D eigenvalue weighted by atomic mass is 16.6. The summed E-state index contributed by atoms with van der Waals surface area (Å²) in [6, 6.07) is 18.6. The number of carbonyl (C=O) groups is 1. The summed E-state index contributed by atoms with van der Waals surface area (Å²) in [4.78, 5) is 20.0. The fourth-order valence-corrected chi connectivity index (χ4v) is 2.78. The summed E-state index contributed by atoms with van der Waals surface area (Å²) in [6.07, 6.45) is 1.64. The van der Waals surface area contributed by atoms with E-state index in [-0.39, 0.29) is 5.69 Å². The van der Waals surface area contributed by atoms with E-state index < -0.39 is 5.97 Å². The number of aromatic carboxylic acids is 1.